The topological polar surface area (TPSA) is 75.4 Å². The largest absolute Gasteiger partial charge is 0.387 e. The summed E-state index contributed by atoms with van der Waals surface area (Å²) >= 11 is 1.57. The molecule has 0 amide bonds. The number of hydrogen-bond donors (Lipinski definition) is 2. The van der Waals surface area contributed by atoms with Gasteiger partial charge in [-0.1, -0.05) is 0 Å². The number of nitro benzene ring substituents is 1. The first-order valence-electron chi connectivity index (χ1n) is 5.14. The lowest BCUT2D eigenvalue weighted by atomic mass is 10.1. The molecule has 2 N–H and O–H groups in total. The fourth-order valence-corrected chi connectivity index (χ4v) is 2.08. The third-order valence-electron chi connectivity index (χ3n) is 2.21. The fourth-order valence-electron chi connectivity index (χ4n) is 1.36. The van der Waals surface area contributed by atoms with Gasteiger partial charge in [0.25, 0.3) is 5.69 Å². The van der Waals surface area contributed by atoms with Gasteiger partial charge in [0, 0.05) is 30.1 Å². The molecule has 0 aliphatic heterocycles. The Morgan fingerprint density at radius 1 is 1.47 bits per heavy atom. The number of rotatable bonds is 6. The Labute approximate surface area is 104 Å². The minimum atomic E-state index is -0.790. The Morgan fingerprint density at radius 3 is 2.53 bits per heavy atom. The van der Waals surface area contributed by atoms with Crippen LogP contribution in [0.3, 0.4) is 0 Å². The molecule has 1 aromatic carbocycles. The first-order valence-corrected chi connectivity index (χ1v) is 6.54. The highest BCUT2D eigenvalue weighted by atomic mass is 32.2. The monoisotopic (exact) mass is 256 g/mol. The Balaban J connectivity index is 2.55. The maximum atomic E-state index is 10.5. The van der Waals surface area contributed by atoms with Gasteiger partial charge in [0.1, 0.15) is 0 Å². The molecular formula is C11H16N2O3S. The van der Waals surface area contributed by atoms with Gasteiger partial charge in [-0.2, -0.15) is 11.8 Å². The normalized spacial score (nSPS) is 14.1. The Morgan fingerprint density at radius 2 is 2.06 bits per heavy atom. The number of benzene rings is 1. The van der Waals surface area contributed by atoms with E-state index in [1.54, 1.807) is 30.8 Å². The van der Waals surface area contributed by atoms with Crippen LogP contribution in [0.4, 0.5) is 11.4 Å². The van der Waals surface area contributed by atoms with Crippen molar-refractivity contribution in [1.82, 2.24) is 0 Å². The number of nitrogens with zero attached hydrogens (tertiary/aromatic N) is 1. The van der Waals surface area contributed by atoms with Crippen LogP contribution in [-0.4, -0.2) is 34.2 Å². The molecule has 0 saturated carbocycles. The summed E-state index contributed by atoms with van der Waals surface area (Å²) in [6, 6.07) is 6.14. The van der Waals surface area contributed by atoms with Crippen molar-refractivity contribution in [3.63, 3.8) is 0 Å². The van der Waals surface area contributed by atoms with Crippen LogP contribution in [0.1, 0.15) is 6.92 Å². The van der Waals surface area contributed by atoms with Gasteiger partial charge in [0.2, 0.25) is 0 Å². The molecule has 1 aromatic rings. The third kappa shape index (κ3) is 4.62. The Hall–Kier alpha value is -1.27. The van der Waals surface area contributed by atoms with E-state index in [9.17, 15) is 15.2 Å². The zero-order valence-electron chi connectivity index (χ0n) is 9.84. The summed E-state index contributed by atoms with van der Waals surface area (Å²) < 4.78 is 0. The van der Waals surface area contributed by atoms with Crippen LogP contribution in [-0.2, 0) is 0 Å². The summed E-state index contributed by atoms with van der Waals surface area (Å²) in [6.07, 6.45) is 1.93. The van der Waals surface area contributed by atoms with Crippen LogP contribution >= 0.6 is 11.8 Å². The molecular weight excluding hydrogens is 240 g/mol. The van der Waals surface area contributed by atoms with Crippen LogP contribution in [0.25, 0.3) is 0 Å². The number of non-ortho nitro benzene ring substituents is 1. The number of thioether (sulfide) groups is 1. The molecule has 0 bridgehead atoms. The van der Waals surface area contributed by atoms with E-state index in [1.165, 1.54) is 12.1 Å². The molecule has 0 aliphatic carbocycles. The van der Waals surface area contributed by atoms with Crippen LogP contribution < -0.4 is 5.32 Å². The molecule has 6 heteroatoms. The molecule has 94 valence electrons. The lowest BCUT2D eigenvalue weighted by molar-refractivity contribution is -0.384. The minimum Gasteiger partial charge on any atom is -0.387 e. The second-order valence-corrected chi connectivity index (χ2v) is 4.95. The van der Waals surface area contributed by atoms with E-state index in [-0.39, 0.29) is 5.69 Å². The SMILES string of the molecule is CSC[C@](C)(O)CNc1ccc([N+](=O)[O-])cc1. The number of nitrogens with one attached hydrogen (secondary N) is 1. The number of nitro groups is 1. The Bertz CT molecular complexity index is 379. The average molecular weight is 256 g/mol. The summed E-state index contributed by atoms with van der Waals surface area (Å²) in [5.74, 6) is 0.632. The summed E-state index contributed by atoms with van der Waals surface area (Å²) in [5, 5.41) is 23.4. The van der Waals surface area contributed by atoms with Crippen molar-refractivity contribution in [3.8, 4) is 0 Å². The first kappa shape index (κ1) is 13.8. The van der Waals surface area contributed by atoms with Crippen molar-refractivity contribution in [1.29, 1.82) is 0 Å². The number of anilines is 1. The highest BCUT2D eigenvalue weighted by molar-refractivity contribution is 7.98. The standard InChI is InChI=1S/C11H16N2O3S/c1-11(14,8-17-2)7-12-9-3-5-10(6-4-9)13(15)16/h3-6,12,14H,7-8H2,1-2H3/t11-/m1/s1. The molecule has 0 aliphatic rings. The molecule has 1 atom stereocenters. The van der Waals surface area contributed by atoms with Crippen LogP contribution in [0, 0.1) is 10.1 Å². The zero-order valence-corrected chi connectivity index (χ0v) is 10.7. The molecule has 0 saturated heterocycles. The van der Waals surface area contributed by atoms with E-state index in [2.05, 4.69) is 5.32 Å². The van der Waals surface area contributed by atoms with Crippen molar-refractivity contribution in [3.05, 3.63) is 34.4 Å². The first-order chi connectivity index (χ1) is 7.94. The predicted molar refractivity (Wildman–Crippen MR) is 70.6 cm³/mol. The fraction of sp³-hybridized carbons (Fsp3) is 0.455. The van der Waals surface area contributed by atoms with Crippen LogP contribution in [0.15, 0.2) is 24.3 Å². The highest BCUT2D eigenvalue weighted by Crippen LogP contribution is 2.17. The zero-order chi connectivity index (χ0) is 12.9. The van der Waals surface area contributed by atoms with Crippen molar-refractivity contribution in [2.24, 2.45) is 0 Å². The van der Waals surface area contributed by atoms with E-state index in [4.69, 9.17) is 0 Å². The van der Waals surface area contributed by atoms with E-state index in [1.807, 2.05) is 6.26 Å². The Kier molecular flexibility index (Phi) is 4.77. The molecule has 0 aromatic heterocycles. The van der Waals surface area contributed by atoms with E-state index >= 15 is 0 Å². The molecule has 5 nitrogen and oxygen atoms in total. The van der Waals surface area contributed by atoms with E-state index < -0.39 is 10.5 Å². The molecule has 0 spiro atoms. The van der Waals surface area contributed by atoms with Gasteiger partial charge in [0.15, 0.2) is 0 Å². The minimum absolute atomic E-state index is 0.0615. The van der Waals surface area contributed by atoms with Crippen molar-refractivity contribution in [2.75, 3.05) is 23.9 Å². The quantitative estimate of drug-likeness (QED) is 0.602. The predicted octanol–water partition coefficient (Wildman–Crippen LogP) is 2.12. The summed E-state index contributed by atoms with van der Waals surface area (Å²) in [6.45, 7) is 2.16. The maximum Gasteiger partial charge on any atom is 0.269 e. The maximum absolute atomic E-state index is 10.5. The lowest BCUT2D eigenvalue weighted by Crippen LogP contribution is -2.36. The van der Waals surface area contributed by atoms with E-state index in [0.717, 1.165) is 5.69 Å². The van der Waals surface area contributed by atoms with Crippen molar-refractivity contribution >= 4 is 23.1 Å². The molecule has 0 fully saturated rings. The van der Waals surface area contributed by atoms with Crippen LogP contribution in [0.2, 0.25) is 0 Å². The summed E-state index contributed by atoms with van der Waals surface area (Å²) in [7, 11) is 0. The number of hydrogen-bond acceptors (Lipinski definition) is 5. The van der Waals surface area contributed by atoms with Gasteiger partial charge in [0.05, 0.1) is 10.5 Å². The molecule has 0 heterocycles. The summed E-state index contributed by atoms with van der Waals surface area (Å²) in [5.41, 5.74) is 0.0321. The van der Waals surface area contributed by atoms with E-state index in [0.29, 0.717) is 12.3 Å². The smallest absolute Gasteiger partial charge is 0.269 e. The highest BCUT2D eigenvalue weighted by Gasteiger charge is 2.19. The molecule has 0 radical (unpaired) electrons. The van der Waals surface area contributed by atoms with Crippen molar-refractivity contribution < 1.29 is 10.0 Å². The second-order valence-electron chi connectivity index (χ2n) is 4.09. The molecule has 17 heavy (non-hydrogen) atoms. The molecule has 1 rings (SSSR count). The van der Waals surface area contributed by atoms with Crippen LogP contribution in [0.5, 0.6) is 0 Å². The van der Waals surface area contributed by atoms with Gasteiger partial charge in [-0.25, -0.2) is 0 Å². The van der Waals surface area contributed by atoms with Gasteiger partial charge >= 0.3 is 0 Å². The average Bonchev–Trinajstić information content (AvgIpc) is 2.27. The second kappa shape index (κ2) is 5.88. The summed E-state index contributed by atoms with van der Waals surface area (Å²) in [4.78, 5) is 10.0. The van der Waals surface area contributed by atoms with Crippen molar-refractivity contribution in [2.45, 2.75) is 12.5 Å². The van der Waals surface area contributed by atoms with Gasteiger partial charge in [-0.15, -0.1) is 0 Å². The van der Waals surface area contributed by atoms with Gasteiger partial charge in [-0.3, -0.25) is 10.1 Å². The van der Waals surface area contributed by atoms with Gasteiger partial charge < -0.3 is 10.4 Å². The molecule has 0 unspecified atom stereocenters. The third-order valence-corrected chi connectivity index (χ3v) is 3.12. The lowest BCUT2D eigenvalue weighted by Gasteiger charge is -2.23. The van der Waals surface area contributed by atoms with Gasteiger partial charge in [-0.05, 0) is 25.3 Å². The number of aliphatic hydroxyl groups is 1.